The molecule has 0 unspecified atom stereocenters. The van der Waals surface area contributed by atoms with Gasteiger partial charge in [-0.2, -0.15) is 0 Å². The van der Waals surface area contributed by atoms with E-state index >= 15 is 0 Å². The molecule has 110 valence electrons. The van der Waals surface area contributed by atoms with Crippen LogP contribution in [0.5, 0.6) is 0 Å². The van der Waals surface area contributed by atoms with Gasteiger partial charge in [-0.3, -0.25) is 4.79 Å². The van der Waals surface area contributed by atoms with Crippen LogP contribution < -0.4 is 0 Å². The molecular weight excluding hydrogens is 286 g/mol. The summed E-state index contributed by atoms with van der Waals surface area (Å²) in [4.78, 5) is 14.8. The second-order valence-corrected chi connectivity index (χ2v) is 5.64. The van der Waals surface area contributed by atoms with Crippen LogP contribution in [0.1, 0.15) is 33.2 Å². The van der Waals surface area contributed by atoms with Crippen molar-refractivity contribution in [3.05, 3.63) is 45.5 Å². The minimum absolute atomic E-state index is 0.0732. The van der Waals surface area contributed by atoms with Crippen molar-refractivity contribution in [2.24, 2.45) is 0 Å². The third kappa shape index (κ3) is 4.22. The second-order valence-electron chi connectivity index (χ2n) is 4.65. The van der Waals surface area contributed by atoms with Crippen molar-refractivity contribution in [1.82, 2.24) is 4.90 Å². The van der Waals surface area contributed by atoms with E-state index in [9.17, 15) is 4.79 Å². The molecule has 1 amide bonds. The first-order valence-electron chi connectivity index (χ1n) is 6.59. The lowest BCUT2D eigenvalue weighted by atomic mass is 10.3. The summed E-state index contributed by atoms with van der Waals surface area (Å²) in [7, 11) is 1.75. The Hall–Kier alpha value is -2.03. The summed E-state index contributed by atoms with van der Waals surface area (Å²) in [5.41, 5.74) is 0.915. The lowest BCUT2D eigenvalue weighted by Crippen LogP contribution is -2.25. The fraction of sp³-hybridized carbons (Fsp3) is 0.312. The Morgan fingerprint density at radius 2 is 2.29 bits per heavy atom. The molecule has 0 spiro atoms. The molecule has 0 fully saturated rings. The number of furan rings is 1. The smallest absolute Gasteiger partial charge is 0.289 e. The van der Waals surface area contributed by atoms with Crippen LogP contribution in [0.4, 0.5) is 0 Å². The van der Waals surface area contributed by atoms with Crippen LogP contribution in [0.3, 0.4) is 0 Å². The first kappa shape index (κ1) is 15.4. The monoisotopic (exact) mass is 303 g/mol. The van der Waals surface area contributed by atoms with E-state index in [2.05, 4.69) is 11.8 Å². The third-order valence-electron chi connectivity index (χ3n) is 2.81. The highest BCUT2D eigenvalue weighted by Gasteiger charge is 2.16. The maximum atomic E-state index is 12.2. The molecule has 0 aliphatic heterocycles. The molecule has 0 aliphatic carbocycles. The SMILES string of the molecule is Cc1ccc(C(=O)N(C)Cc2cc(C#CCCO)cs2)o1. The average molecular weight is 303 g/mol. The fourth-order valence-electron chi connectivity index (χ4n) is 1.79. The quantitative estimate of drug-likeness (QED) is 0.884. The summed E-state index contributed by atoms with van der Waals surface area (Å²) >= 11 is 1.56. The highest BCUT2D eigenvalue weighted by molar-refractivity contribution is 7.10. The zero-order valence-corrected chi connectivity index (χ0v) is 12.9. The highest BCUT2D eigenvalue weighted by atomic mass is 32.1. The van der Waals surface area contributed by atoms with Crippen LogP contribution in [-0.4, -0.2) is 29.6 Å². The van der Waals surface area contributed by atoms with E-state index in [1.165, 1.54) is 0 Å². The van der Waals surface area contributed by atoms with Crippen molar-refractivity contribution in [1.29, 1.82) is 0 Å². The molecule has 0 bridgehead atoms. The van der Waals surface area contributed by atoms with E-state index in [1.807, 2.05) is 18.4 Å². The number of carbonyl (C=O) groups excluding carboxylic acids is 1. The summed E-state index contributed by atoms with van der Waals surface area (Å²) in [5.74, 6) is 6.81. The predicted molar refractivity (Wildman–Crippen MR) is 82.1 cm³/mol. The standard InChI is InChI=1S/C16H17NO3S/c1-12-6-7-15(20-12)16(19)17(2)10-14-9-13(11-21-14)5-3-4-8-18/h6-7,9,11,18H,4,8,10H2,1-2H3. The Balaban J connectivity index is 1.98. The van der Waals surface area contributed by atoms with E-state index in [1.54, 1.807) is 35.4 Å². The van der Waals surface area contributed by atoms with Gasteiger partial charge in [-0.1, -0.05) is 11.8 Å². The molecule has 4 nitrogen and oxygen atoms in total. The normalized spacial score (nSPS) is 10.0. The van der Waals surface area contributed by atoms with Gasteiger partial charge < -0.3 is 14.4 Å². The molecule has 2 aromatic heterocycles. The third-order valence-corrected chi connectivity index (χ3v) is 3.74. The zero-order chi connectivity index (χ0) is 15.2. The highest BCUT2D eigenvalue weighted by Crippen LogP contribution is 2.17. The largest absolute Gasteiger partial charge is 0.456 e. The van der Waals surface area contributed by atoms with Gasteiger partial charge in [0.05, 0.1) is 13.2 Å². The summed E-state index contributed by atoms with van der Waals surface area (Å²) < 4.78 is 5.34. The van der Waals surface area contributed by atoms with Gasteiger partial charge in [-0.05, 0) is 25.1 Å². The number of aryl methyl sites for hydroxylation is 1. The van der Waals surface area contributed by atoms with E-state index < -0.39 is 0 Å². The van der Waals surface area contributed by atoms with Gasteiger partial charge in [0.1, 0.15) is 5.76 Å². The van der Waals surface area contributed by atoms with Crippen molar-refractivity contribution in [2.75, 3.05) is 13.7 Å². The average Bonchev–Trinajstić information content (AvgIpc) is 3.07. The first-order chi connectivity index (χ1) is 10.1. The Bertz CT molecular complexity index is 675. The van der Waals surface area contributed by atoms with Crippen molar-refractivity contribution in [2.45, 2.75) is 19.9 Å². The molecule has 2 heterocycles. The molecule has 2 aromatic rings. The van der Waals surface area contributed by atoms with Crippen molar-refractivity contribution in [3.63, 3.8) is 0 Å². The van der Waals surface area contributed by atoms with Crippen molar-refractivity contribution in [3.8, 4) is 11.8 Å². The van der Waals surface area contributed by atoms with E-state index in [-0.39, 0.29) is 12.5 Å². The van der Waals surface area contributed by atoms with Crippen molar-refractivity contribution >= 4 is 17.2 Å². The number of amides is 1. The Morgan fingerprint density at radius 3 is 2.95 bits per heavy atom. The minimum atomic E-state index is -0.135. The van der Waals surface area contributed by atoms with E-state index in [0.717, 1.165) is 16.2 Å². The molecule has 1 N–H and O–H groups in total. The first-order valence-corrected chi connectivity index (χ1v) is 7.47. The van der Waals surface area contributed by atoms with Crippen molar-refractivity contribution < 1.29 is 14.3 Å². The number of thiophene rings is 1. The van der Waals surface area contributed by atoms with Crippen LogP contribution in [-0.2, 0) is 6.54 Å². The van der Waals surface area contributed by atoms with Gasteiger partial charge in [0, 0.05) is 29.3 Å². The van der Waals surface area contributed by atoms with Gasteiger partial charge in [0.2, 0.25) is 0 Å². The lowest BCUT2D eigenvalue weighted by molar-refractivity contribution is 0.0753. The Labute approximate surface area is 128 Å². The number of nitrogens with zero attached hydrogens (tertiary/aromatic N) is 1. The predicted octanol–water partition coefficient (Wildman–Crippen LogP) is 2.66. The molecule has 0 aliphatic rings. The van der Waals surface area contributed by atoms with Gasteiger partial charge in [0.15, 0.2) is 5.76 Å². The topological polar surface area (TPSA) is 53.7 Å². The number of aliphatic hydroxyl groups excluding tert-OH is 1. The van der Waals surface area contributed by atoms with Crippen LogP contribution in [0.15, 0.2) is 28.0 Å². The van der Waals surface area contributed by atoms with Crippen LogP contribution in [0.2, 0.25) is 0 Å². The zero-order valence-electron chi connectivity index (χ0n) is 12.0. The summed E-state index contributed by atoms with van der Waals surface area (Å²) in [6.45, 7) is 2.40. The summed E-state index contributed by atoms with van der Waals surface area (Å²) in [5, 5.41) is 10.6. The maximum Gasteiger partial charge on any atom is 0.289 e. The number of rotatable bonds is 4. The summed E-state index contributed by atoms with van der Waals surface area (Å²) in [6, 6.07) is 5.43. The second kappa shape index (κ2) is 7.11. The van der Waals surface area contributed by atoms with Crippen LogP contribution in [0, 0.1) is 18.8 Å². The Kier molecular flexibility index (Phi) is 5.20. The maximum absolute atomic E-state index is 12.2. The molecule has 0 saturated carbocycles. The molecule has 5 heteroatoms. The number of carbonyl (C=O) groups is 1. The molecule has 2 rings (SSSR count). The molecule has 21 heavy (non-hydrogen) atoms. The van der Waals surface area contributed by atoms with E-state index in [0.29, 0.717) is 18.7 Å². The molecule has 0 atom stereocenters. The summed E-state index contributed by atoms with van der Waals surface area (Å²) in [6.07, 6.45) is 0.474. The van der Waals surface area contributed by atoms with Crippen LogP contribution in [0.25, 0.3) is 0 Å². The fourth-order valence-corrected chi connectivity index (χ4v) is 2.66. The number of hydrogen-bond acceptors (Lipinski definition) is 4. The minimum Gasteiger partial charge on any atom is -0.456 e. The number of aliphatic hydroxyl groups is 1. The number of hydrogen-bond donors (Lipinski definition) is 1. The lowest BCUT2D eigenvalue weighted by Gasteiger charge is -2.14. The van der Waals surface area contributed by atoms with Gasteiger partial charge in [-0.15, -0.1) is 11.3 Å². The van der Waals surface area contributed by atoms with Crippen LogP contribution >= 0.6 is 11.3 Å². The van der Waals surface area contributed by atoms with Gasteiger partial charge >= 0.3 is 0 Å². The molecule has 0 radical (unpaired) electrons. The van der Waals surface area contributed by atoms with Gasteiger partial charge in [-0.25, -0.2) is 0 Å². The molecule has 0 aromatic carbocycles. The molecule has 0 saturated heterocycles. The Morgan fingerprint density at radius 1 is 1.48 bits per heavy atom. The molecular formula is C16H17NO3S. The van der Waals surface area contributed by atoms with Gasteiger partial charge in [0.25, 0.3) is 5.91 Å². The van der Waals surface area contributed by atoms with E-state index in [4.69, 9.17) is 9.52 Å².